The third-order valence-corrected chi connectivity index (χ3v) is 3.33. The van der Waals surface area contributed by atoms with Gasteiger partial charge in [-0.1, -0.05) is 24.3 Å². The molecule has 1 fully saturated rings. The Morgan fingerprint density at radius 3 is 2.93 bits per heavy atom. The van der Waals surface area contributed by atoms with Crippen molar-refractivity contribution in [1.82, 2.24) is 0 Å². The minimum atomic E-state index is -0.432. The average molecular weight is 204 g/mol. The van der Waals surface area contributed by atoms with Crippen LogP contribution < -0.4 is 0 Å². The predicted octanol–water partition coefficient (Wildman–Crippen LogP) is 2.68. The first kappa shape index (κ1) is 9.37. The molecule has 3 rings (SSSR count). The zero-order valence-corrected chi connectivity index (χ0v) is 9.19. The monoisotopic (exact) mass is 204 g/mol. The highest BCUT2D eigenvalue weighted by Gasteiger charge is 2.41. The van der Waals surface area contributed by atoms with Gasteiger partial charge in [0.05, 0.1) is 12.7 Å². The van der Waals surface area contributed by atoms with Crippen LogP contribution in [0.15, 0.2) is 24.3 Å². The van der Waals surface area contributed by atoms with Crippen LogP contribution in [0, 0.1) is 5.92 Å². The van der Waals surface area contributed by atoms with E-state index in [2.05, 4.69) is 24.3 Å². The van der Waals surface area contributed by atoms with Crippen molar-refractivity contribution >= 4 is 0 Å². The standard InChI is InChI=1S/C13H16O2/c1-13(2)14-8-10-7-9-5-3-4-6-11(9)12(10)15-13/h3-6,10,12H,7-8H2,1-2H3/t10-,12+/m1/s1. The second-order valence-electron chi connectivity index (χ2n) is 4.91. The normalized spacial score (nSPS) is 32.1. The molecule has 0 spiro atoms. The fourth-order valence-electron chi connectivity index (χ4n) is 2.59. The lowest BCUT2D eigenvalue weighted by Gasteiger charge is -2.38. The molecule has 80 valence electrons. The number of benzene rings is 1. The van der Waals surface area contributed by atoms with Crippen molar-refractivity contribution in [1.29, 1.82) is 0 Å². The molecule has 0 bridgehead atoms. The van der Waals surface area contributed by atoms with Gasteiger partial charge in [0.2, 0.25) is 0 Å². The van der Waals surface area contributed by atoms with Crippen LogP contribution >= 0.6 is 0 Å². The molecule has 0 aromatic heterocycles. The van der Waals surface area contributed by atoms with Crippen molar-refractivity contribution in [2.45, 2.75) is 32.2 Å². The van der Waals surface area contributed by atoms with Gasteiger partial charge in [-0.15, -0.1) is 0 Å². The Hall–Kier alpha value is -0.860. The van der Waals surface area contributed by atoms with Crippen molar-refractivity contribution in [2.75, 3.05) is 6.61 Å². The number of hydrogen-bond acceptors (Lipinski definition) is 2. The van der Waals surface area contributed by atoms with Crippen LogP contribution in [0.3, 0.4) is 0 Å². The van der Waals surface area contributed by atoms with Crippen molar-refractivity contribution in [3.05, 3.63) is 35.4 Å². The Labute approximate surface area is 90.2 Å². The summed E-state index contributed by atoms with van der Waals surface area (Å²) < 4.78 is 11.7. The molecular formula is C13H16O2. The van der Waals surface area contributed by atoms with Crippen LogP contribution in [0.2, 0.25) is 0 Å². The Kier molecular flexibility index (Phi) is 1.91. The predicted molar refractivity (Wildman–Crippen MR) is 57.5 cm³/mol. The van der Waals surface area contributed by atoms with E-state index in [1.54, 1.807) is 0 Å². The topological polar surface area (TPSA) is 18.5 Å². The molecule has 15 heavy (non-hydrogen) atoms. The summed E-state index contributed by atoms with van der Waals surface area (Å²) in [4.78, 5) is 0. The third kappa shape index (κ3) is 1.48. The number of fused-ring (bicyclic) bond motifs is 3. The van der Waals surface area contributed by atoms with E-state index in [-0.39, 0.29) is 6.10 Å². The largest absolute Gasteiger partial charge is 0.350 e. The van der Waals surface area contributed by atoms with Crippen LogP contribution in [0.4, 0.5) is 0 Å². The zero-order valence-electron chi connectivity index (χ0n) is 9.19. The summed E-state index contributed by atoms with van der Waals surface area (Å²) in [7, 11) is 0. The Morgan fingerprint density at radius 2 is 2.07 bits per heavy atom. The third-order valence-electron chi connectivity index (χ3n) is 3.33. The van der Waals surface area contributed by atoms with Crippen LogP contribution in [-0.4, -0.2) is 12.4 Å². The van der Waals surface area contributed by atoms with Crippen molar-refractivity contribution in [2.24, 2.45) is 5.92 Å². The number of rotatable bonds is 0. The lowest BCUT2D eigenvalue weighted by molar-refractivity contribution is -0.292. The molecule has 0 radical (unpaired) electrons. The van der Waals surface area contributed by atoms with Crippen LogP contribution in [0.25, 0.3) is 0 Å². The summed E-state index contributed by atoms with van der Waals surface area (Å²) in [5, 5.41) is 0. The molecule has 0 saturated carbocycles. The Bertz CT molecular complexity index is 384. The number of hydrogen-bond donors (Lipinski definition) is 0. The molecular weight excluding hydrogens is 188 g/mol. The van der Waals surface area contributed by atoms with Crippen molar-refractivity contribution in [3.8, 4) is 0 Å². The highest BCUT2D eigenvalue weighted by molar-refractivity contribution is 5.35. The van der Waals surface area contributed by atoms with Gasteiger partial charge in [0.15, 0.2) is 5.79 Å². The summed E-state index contributed by atoms with van der Waals surface area (Å²) in [5.74, 6) is 0.0777. The van der Waals surface area contributed by atoms with Gasteiger partial charge in [-0.2, -0.15) is 0 Å². The van der Waals surface area contributed by atoms with E-state index >= 15 is 0 Å². The molecule has 2 aliphatic rings. The molecule has 1 aliphatic heterocycles. The molecule has 1 aromatic carbocycles. The van der Waals surface area contributed by atoms with Crippen LogP contribution in [-0.2, 0) is 15.9 Å². The summed E-state index contributed by atoms with van der Waals surface area (Å²) in [6, 6.07) is 8.57. The zero-order chi connectivity index (χ0) is 10.5. The maximum absolute atomic E-state index is 6.00. The second kappa shape index (κ2) is 3.06. The molecule has 2 nitrogen and oxygen atoms in total. The van der Waals surface area contributed by atoms with Gasteiger partial charge in [-0.05, 0) is 31.4 Å². The van der Waals surface area contributed by atoms with E-state index in [1.165, 1.54) is 11.1 Å². The highest BCUT2D eigenvalue weighted by Crippen LogP contribution is 2.44. The summed E-state index contributed by atoms with van der Waals surface area (Å²) >= 11 is 0. The SMILES string of the molecule is CC1(C)OC[C@H]2Cc3ccccc3[C@H]2O1. The average Bonchev–Trinajstić information content (AvgIpc) is 2.55. The molecule has 1 heterocycles. The van der Waals surface area contributed by atoms with E-state index in [1.807, 2.05) is 13.8 Å². The molecule has 2 heteroatoms. The van der Waals surface area contributed by atoms with Gasteiger partial charge in [0, 0.05) is 5.92 Å². The molecule has 1 saturated heterocycles. The molecule has 0 unspecified atom stereocenters. The maximum atomic E-state index is 6.00. The molecule has 0 amide bonds. The molecule has 1 aliphatic carbocycles. The fraction of sp³-hybridized carbons (Fsp3) is 0.538. The van der Waals surface area contributed by atoms with Gasteiger partial charge < -0.3 is 9.47 Å². The molecule has 2 atom stereocenters. The lowest BCUT2D eigenvalue weighted by Crippen LogP contribution is -2.39. The molecule has 1 aromatic rings. The van der Waals surface area contributed by atoms with E-state index in [0.717, 1.165) is 13.0 Å². The quantitative estimate of drug-likeness (QED) is 0.647. The van der Waals surface area contributed by atoms with Crippen LogP contribution in [0.5, 0.6) is 0 Å². The van der Waals surface area contributed by atoms with Gasteiger partial charge in [0.1, 0.15) is 0 Å². The minimum Gasteiger partial charge on any atom is -0.350 e. The number of ether oxygens (including phenoxy) is 2. The van der Waals surface area contributed by atoms with E-state index in [4.69, 9.17) is 9.47 Å². The van der Waals surface area contributed by atoms with Gasteiger partial charge in [-0.3, -0.25) is 0 Å². The second-order valence-corrected chi connectivity index (χ2v) is 4.91. The summed E-state index contributed by atoms with van der Waals surface area (Å²) in [5.41, 5.74) is 2.78. The first-order chi connectivity index (χ1) is 7.16. The smallest absolute Gasteiger partial charge is 0.163 e. The van der Waals surface area contributed by atoms with Crippen LogP contribution in [0.1, 0.15) is 31.1 Å². The lowest BCUT2D eigenvalue weighted by atomic mass is 10.0. The Morgan fingerprint density at radius 1 is 1.27 bits per heavy atom. The van der Waals surface area contributed by atoms with E-state index in [0.29, 0.717) is 5.92 Å². The minimum absolute atomic E-state index is 0.241. The summed E-state index contributed by atoms with van der Waals surface area (Å²) in [6.07, 6.45) is 1.33. The first-order valence-electron chi connectivity index (χ1n) is 5.55. The van der Waals surface area contributed by atoms with E-state index in [9.17, 15) is 0 Å². The maximum Gasteiger partial charge on any atom is 0.163 e. The molecule has 0 N–H and O–H groups in total. The van der Waals surface area contributed by atoms with Gasteiger partial charge in [-0.25, -0.2) is 0 Å². The van der Waals surface area contributed by atoms with E-state index < -0.39 is 5.79 Å². The first-order valence-corrected chi connectivity index (χ1v) is 5.55. The highest BCUT2D eigenvalue weighted by atomic mass is 16.7. The Balaban J connectivity index is 1.96. The fourth-order valence-corrected chi connectivity index (χ4v) is 2.59. The van der Waals surface area contributed by atoms with Gasteiger partial charge in [0.25, 0.3) is 0 Å². The van der Waals surface area contributed by atoms with Crippen molar-refractivity contribution in [3.63, 3.8) is 0 Å². The van der Waals surface area contributed by atoms with Gasteiger partial charge >= 0.3 is 0 Å². The summed E-state index contributed by atoms with van der Waals surface area (Å²) in [6.45, 7) is 4.79. The van der Waals surface area contributed by atoms with Crippen molar-refractivity contribution < 1.29 is 9.47 Å².